The molecule has 1 N–H and O–H groups in total. The molecule has 0 amide bonds. The quantitative estimate of drug-likeness (QED) is 0.891. The molecule has 1 aromatic carbocycles. The minimum absolute atomic E-state index is 0.303. The lowest BCUT2D eigenvalue weighted by atomic mass is 10.1. The number of aliphatic carboxylic acids is 1. The minimum Gasteiger partial charge on any atom is -0.481 e. The molecule has 1 saturated carbocycles. The SMILES string of the molecule is O=C(O)[C@H]1C[C@@H]1c1ccccc1OC(F)(F)F. The molecular weight excluding hydrogens is 237 g/mol. The fraction of sp³-hybridized carbons (Fsp3) is 0.364. The topological polar surface area (TPSA) is 46.5 Å². The van der Waals surface area contributed by atoms with Crippen molar-refractivity contribution in [2.24, 2.45) is 5.92 Å². The zero-order valence-electron chi connectivity index (χ0n) is 8.57. The largest absolute Gasteiger partial charge is 0.573 e. The van der Waals surface area contributed by atoms with Crippen molar-refractivity contribution in [1.82, 2.24) is 0 Å². The van der Waals surface area contributed by atoms with Crippen molar-refractivity contribution >= 4 is 5.97 Å². The maximum Gasteiger partial charge on any atom is 0.573 e. The van der Waals surface area contributed by atoms with E-state index in [1.165, 1.54) is 18.2 Å². The minimum atomic E-state index is -4.76. The van der Waals surface area contributed by atoms with Crippen molar-refractivity contribution in [3.05, 3.63) is 29.8 Å². The van der Waals surface area contributed by atoms with Gasteiger partial charge in [-0.25, -0.2) is 0 Å². The Kier molecular flexibility index (Phi) is 2.73. The van der Waals surface area contributed by atoms with Gasteiger partial charge in [-0.15, -0.1) is 13.2 Å². The molecule has 6 heteroatoms. The van der Waals surface area contributed by atoms with Crippen LogP contribution in [0.2, 0.25) is 0 Å². The van der Waals surface area contributed by atoms with Gasteiger partial charge in [-0.2, -0.15) is 0 Å². The Morgan fingerprint density at radius 1 is 1.35 bits per heavy atom. The molecule has 0 heterocycles. The highest BCUT2D eigenvalue weighted by molar-refractivity contribution is 5.75. The molecule has 0 unspecified atom stereocenters. The summed E-state index contributed by atoms with van der Waals surface area (Å²) in [6.45, 7) is 0. The van der Waals surface area contributed by atoms with Gasteiger partial charge in [0.05, 0.1) is 5.92 Å². The van der Waals surface area contributed by atoms with Gasteiger partial charge in [-0.3, -0.25) is 4.79 Å². The third-order valence-electron chi connectivity index (χ3n) is 2.65. The van der Waals surface area contributed by atoms with E-state index >= 15 is 0 Å². The summed E-state index contributed by atoms with van der Waals surface area (Å²) >= 11 is 0. The lowest BCUT2D eigenvalue weighted by Gasteiger charge is -2.12. The number of ether oxygens (including phenoxy) is 1. The van der Waals surface area contributed by atoms with E-state index in [0.717, 1.165) is 0 Å². The monoisotopic (exact) mass is 246 g/mol. The number of alkyl halides is 3. The van der Waals surface area contributed by atoms with E-state index in [9.17, 15) is 18.0 Å². The summed E-state index contributed by atoms with van der Waals surface area (Å²) in [6.07, 6.45) is -4.41. The summed E-state index contributed by atoms with van der Waals surface area (Å²) in [4.78, 5) is 10.7. The van der Waals surface area contributed by atoms with Crippen LogP contribution < -0.4 is 4.74 Å². The molecule has 0 spiro atoms. The normalized spacial score (nSPS) is 23.2. The molecule has 17 heavy (non-hydrogen) atoms. The molecule has 0 aromatic heterocycles. The number of carbonyl (C=O) groups is 1. The Labute approximate surface area is 94.8 Å². The Morgan fingerprint density at radius 2 is 2.00 bits per heavy atom. The summed E-state index contributed by atoms with van der Waals surface area (Å²) in [6, 6.07) is 5.65. The predicted molar refractivity (Wildman–Crippen MR) is 51.6 cm³/mol. The average molecular weight is 246 g/mol. The first-order chi connectivity index (χ1) is 7.88. The molecule has 1 aromatic rings. The van der Waals surface area contributed by atoms with Crippen LogP contribution in [0.5, 0.6) is 5.75 Å². The van der Waals surface area contributed by atoms with Gasteiger partial charge in [0.15, 0.2) is 0 Å². The second kappa shape index (κ2) is 3.94. The van der Waals surface area contributed by atoms with Gasteiger partial charge >= 0.3 is 12.3 Å². The molecule has 92 valence electrons. The van der Waals surface area contributed by atoms with Crippen LogP contribution in [-0.4, -0.2) is 17.4 Å². The highest BCUT2D eigenvalue weighted by Crippen LogP contribution is 2.50. The molecule has 2 atom stereocenters. The van der Waals surface area contributed by atoms with Gasteiger partial charge in [0.25, 0.3) is 0 Å². The molecule has 3 nitrogen and oxygen atoms in total. The Balaban J connectivity index is 2.21. The van der Waals surface area contributed by atoms with E-state index in [2.05, 4.69) is 4.74 Å². The first-order valence-electron chi connectivity index (χ1n) is 4.96. The van der Waals surface area contributed by atoms with Crippen LogP contribution in [0, 0.1) is 5.92 Å². The van der Waals surface area contributed by atoms with Crippen LogP contribution in [0.15, 0.2) is 24.3 Å². The number of carboxylic acid groups (broad SMARTS) is 1. The van der Waals surface area contributed by atoms with Gasteiger partial charge in [0.1, 0.15) is 5.75 Å². The van der Waals surface area contributed by atoms with E-state index in [1.54, 1.807) is 6.07 Å². The number of halogens is 3. The van der Waals surface area contributed by atoms with Crippen LogP contribution >= 0.6 is 0 Å². The molecule has 0 saturated heterocycles. The number of benzene rings is 1. The van der Waals surface area contributed by atoms with E-state index in [0.29, 0.717) is 12.0 Å². The second-order valence-electron chi connectivity index (χ2n) is 3.87. The molecule has 0 aliphatic heterocycles. The smallest absolute Gasteiger partial charge is 0.481 e. The molecule has 0 bridgehead atoms. The number of hydrogen-bond acceptors (Lipinski definition) is 2. The van der Waals surface area contributed by atoms with Crippen molar-refractivity contribution in [1.29, 1.82) is 0 Å². The van der Waals surface area contributed by atoms with Crippen LogP contribution in [0.25, 0.3) is 0 Å². The van der Waals surface area contributed by atoms with Crippen LogP contribution in [0.1, 0.15) is 17.9 Å². The standard InChI is InChI=1S/C11H9F3O3/c12-11(13,14)17-9-4-2-1-3-6(9)7-5-8(7)10(15)16/h1-4,7-8H,5H2,(H,15,16)/t7-,8+/m1/s1. The fourth-order valence-electron chi connectivity index (χ4n) is 1.82. The lowest BCUT2D eigenvalue weighted by molar-refractivity contribution is -0.274. The van der Waals surface area contributed by atoms with Gasteiger partial charge in [0, 0.05) is 5.92 Å². The summed E-state index contributed by atoms with van der Waals surface area (Å²) in [5.74, 6) is -2.29. The van der Waals surface area contributed by atoms with Crippen LogP contribution in [0.4, 0.5) is 13.2 Å². The maximum absolute atomic E-state index is 12.1. The van der Waals surface area contributed by atoms with Gasteiger partial charge in [-0.1, -0.05) is 18.2 Å². The highest BCUT2D eigenvalue weighted by atomic mass is 19.4. The van der Waals surface area contributed by atoms with Gasteiger partial charge in [-0.05, 0) is 18.1 Å². The fourth-order valence-corrected chi connectivity index (χ4v) is 1.82. The molecule has 0 radical (unpaired) electrons. The van der Waals surface area contributed by atoms with Crippen molar-refractivity contribution in [3.8, 4) is 5.75 Å². The Hall–Kier alpha value is -1.72. The van der Waals surface area contributed by atoms with Crippen molar-refractivity contribution in [3.63, 3.8) is 0 Å². The Morgan fingerprint density at radius 3 is 2.53 bits per heavy atom. The lowest BCUT2D eigenvalue weighted by Crippen LogP contribution is -2.18. The maximum atomic E-state index is 12.1. The Bertz CT molecular complexity index is 442. The summed E-state index contributed by atoms with van der Waals surface area (Å²) < 4.78 is 40.2. The van der Waals surface area contributed by atoms with Crippen LogP contribution in [0.3, 0.4) is 0 Å². The summed E-state index contributed by atoms with van der Waals surface area (Å²) in [5.41, 5.74) is 0.303. The predicted octanol–water partition coefficient (Wildman–Crippen LogP) is 2.77. The zero-order chi connectivity index (χ0) is 12.6. The number of para-hydroxylation sites is 1. The number of rotatable bonds is 3. The molecule has 2 rings (SSSR count). The molecule has 1 fully saturated rings. The first kappa shape index (κ1) is 11.8. The number of hydrogen-bond donors (Lipinski definition) is 1. The third kappa shape index (κ3) is 2.69. The van der Waals surface area contributed by atoms with E-state index < -0.39 is 18.2 Å². The summed E-state index contributed by atoms with van der Waals surface area (Å²) in [5, 5.41) is 8.75. The van der Waals surface area contributed by atoms with Crippen molar-refractivity contribution in [2.45, 2.75) is 18.7 Å². The van der Waals surface area contributed by atoms with E-state index in [-0.39, 0.29) is 11.7 Å². The highest BCUT2D eigenvalue weighted by Gasteiger charge is 2.46. The summed E-state index contributed by atoms with van der Waals surface area (Å²) in [7, 11) is 0. The first-order valence-corrected chi connectivity index (χ1v) is 4.96. The second-order valence-corrected chi connectivity index (χ2v) is 3.87. The van der Waals surface area contributed by atoms with Gasteiger partial charge < -0.3 is 9.84 Å². The van der Waals surface area contributed by atoms with E-state index in [4.69, 9.17) is 5.11 Å². The van der Waals surface area contributed by atoms with E-state index in [1.807, 2.05) is 0 Å². The van der Waals surface area contributed by atoms with Crippen molar-refractivity contribution < 1.29 is 27.8 Å². The average Bonchev–Trinajstić information content (AvgIpc) is 2.95. The van der Waals surface area contributed by atoms with Crippen molar-refractivity contribution in [2.75, 3.05) is 0 Å². The van der Waals surface area contributed by atoms with Gasteiger partial charge in [0.2, 0.25) is 0 Å². The zero-order valence-corrected chi connectivity index (χ0v) is 8.57. The molecule has 1 aliphatic carbocycles. The molecule has 1 aliphatic rings. The molecular formula is C11H9F3O3. The number of carboxylic acids is 1. The third-order valence-corrected chi connectivity index (χ3v) is 2.65. The van der Waals surface area contributed by atoms with Crippen LogP contribution in [-0.2, 0) is 4.79 Å².